The van der Waals surface area contributed by atoms with Crippen LogP contribution in [-0.2, 0) is 27.9 Å². The first-order valence-electron chi connectivity index (χ1n) is 22.3. The minimum Gasteiger partial charge on any atom is -0.457 e. The number of carbonyl (C=O) groups is 1. The molecule has 0 saturated heterocycles. The van der Waals surface area contributed by atoms with Gasteiger partial charge in [-0.2, -0.15) is 0 Å². The molecular weight excluding hydrogens is 709 g/mol. The number of hydrogen-bond donors (Lipinski definition) is 2. The summed E-state index contributed by atoms with van der Waals surface area (Å²) in [6.07, 6.45) is 52.7. The van der Waals surface area contributed by atoms with E-state index in [2.05, 4.69) is 74.6 Å². The number of carbonyl (C=O) groups excluding carboxylic acids is 1. The molecule has 3 N–H and O–H groups in total. The predicted octanol–water partition coefficient (Wildman–Crippen LogP) is 13.4. The van der Waals surface area contributed by atoms with E-state index in [4.69, 9.17) is 24.3 Å². The molecule has 0 fully saturated rings. The zero-order chi connectivity index (χ0) is 40.2. The lowest BCUT2D eigenvalue weighted by Crippen LogP contribution is -2.28. The van der Waals surface area contributed by atoms with Crippen LogP contribution in [0.2, 0.25) is 0 Å². The molecule has 0 aromatic rings. The van der Waals surface area contributed by atoms with Crippen molar-refractivity contribution in [2.24, 2.45) is 5.73 Å². The van der Waals surface area contributed by atoms with E-state index in [9.17, 15) is 14.3 Å². The predicted molar refractivity (Wildman–Crippen MR) is 233 cm³/mol. The molecule has 0 aliphatic rings. The second kappa shape index (κ2) is 43.3. The van der Waals surface area contributed by atoms with Gasteiger partial charge in [0.1, 0.15) is 6.10 Å². The zero-order valence-corrected chi connectivity index (χ0v) is 36.3. The molecule has 0 radical (unpaired) electrons. The first-order chi connectivity index (χ1) is 26.9. The molecule has 0 aromatic heterocycles. The summed E-state index contributed by atoms with van der Waals surface area (Å²) in [5.41, 5.74) is 5.36. The number of phosphoric ester groups is 1. The molecule has 0 aliphatic carbocycles. The molecule has 2 unspecified atom stereocenters. The molecule has 55 heavy (non-hydrogen) atoms. The second-order valence-electron chi connectivity index (χ2n) is 14.5. The molecule has 8 nitrogen and oxygen atoms in total. The van der Waals surface area contributed by atoms with Crippen LogP contribution in [0.25, 0.3) is 0 Å². The molecule has 0 bridgehead atoms. The van der Waals surface area contributed by atoms with Crippen LogP contribution in [0.4, 0.5) is 0 Å². The second-order valence-corrected chi connectivity index (χ2v) is 16.0. The Morgan fingerprint density at radius 3 is 1.42 bits per heavy atom. The van der Waals surface area contributed by atoms with E-state index in [-0.39, 0.29) is 32.3 Å². The Bertz CT molecular complexity index is 1030. The lowest BCUT2D eigenvalue weighted by molar-refractivity contribution is -0.154. The quantitative estimate of drug-likeness (QED) is 0.0271. The average molecular weight is 794 g/mol. The fraction of sp³-hybridized carbons (Fsp3) is 0.761. The largest absolute Gasteiger partial charge is 0.472 e. The maximum atomic E-state index is 12.6. The Balaban J connectivity index is 4.08. The third-order valence-corrected chi connectivity index (χ3v) is 10.2. The summed E-state index contributed by atoms with van der Waals surface area (Å²) in [4.78, 5) is 22.5. The molecule has 2 atom stereocenters. The van der Waals surface area contributed by atoms with Crippen LogP contribution in [0.5, 0.6) is 0 Å². The number of nitrogens with two attached hydrogens (primary N) is 1. The Labute approximate surface area is 338 Å². The maximum Gasteiger partial charge on any atom is 0.472 e. The molecular formula is C46H84NO7P. The van der Waals surface area contributed by atoms with E-state index >= 15 is 0 Å². The molecule has 0 saturated carbocycles. The van der Waals surface area contributed by atoms with E-state index in [0.717, 1.165) is 51.4 Å². The van der Waals surface area contributed by atoms with Crippen molar-refractivity contribution in [2.75, 3.05) is 33.0 Å². The van der Waals surface area contributed by atoms with E-state index in [1.165, 1.54) is 109 Å². The van der Waals surface area contributed by atoms with E-state index < -0.39 is 13.9 Å². The summed E-state index contributed by atoms with van der Waals surface area (Å²) < 4.78 is 33.3. The van der Waals surface area contributed by atoms with Crippen molar-refractivity contribution < 1.29 is 32.8 Å². The van der Waals surface area contributed by atoms with Crippen molar-refractivity contribution in [3.05, 3.63) is 60.8 Å². The molecule has 0 aromatic carbocycles. The van der Waals surface area contributed by atoms with Crippen molar-refractivity contribution >= 4 is 13.8 Å². The van der Waals surface area contributed by atoms with Crippen molar-refractivity contribution in [3.8, 4) is 0 Å². The van der Waals surface area contributed by atoms with E-state index in [1.54, 1.807) is 0 Å². The van der Waals surface area contributed by atoms with Crippen LogP contribution in [-0.4, -0.2) is 49.9 Å². The van der Waals surface area contributed by atoms with Gasteiger partial charge in [0.25, 0.3) is 0 Å². The Morgan fingerprint density at radius 2 is 0.982 bits per heavy atom. The van der Waals surface area contributed by atoms with Gasteiger partial charge in [-0.1, -0.05) is 197 Å². The minimum atomic E-state index is -4.30. The number of allylic oxidation sites excluding steroid dienone is 9. The van der Waals surface area contributed by atoms with Crippen LogP contribution < -0.4 is 5.73 Å². The Kier molecular flexibility index (Phi) is 41.9. The third-order valence-electron chi connectivity index (χ3n) is 9.22. The van der Waals surface area contributed by atoms with Crippen molar-refractivity contribution in [1.82, 2.24) is 0 Å². The number of rotatable bonds is 42. The van der Waals surface area contributed by atoms with E-state index in [0.29, 0.717) is 19.4 Å². The van der Waals surface area contributed by atoms with Crippen LogP contribution in [0, 0.1) is 0 Å². The summed E-state index contributed by atoms with van der Waals surface area (Å²) in [5.74, 6) is -0.354. The number of ether oxygens (including phenoxy) is 2. The van der Waals surface area contributed by atoms with Gasteiger partial charge in [-0.05, 0) is 44.9 Å². The molecule has 0 spiro atoms. The zero-order valence-electron chi connectivity index (χ0n) is 35.4. The van der Waals surface area contributed by atoms with Gasteiger partial charge in [0.15, 0.2) is 0 Å². The highest BCUT2D eigenvalue weighted by Gasteiger charge is 2.25. The van der Waals surface area contributed by atoms with Crippen LogP contribution >= 0.6 is 7.82 Å². The molecule has 0 heterocycles. The summed E-state index contributed by atoms with van der Waals surface area (Å²) in [6, 6.07) is 0. The van der Waals surface area contributed by atoms with Crippen molar-refractivity contribution in [1.29, 1.82) is 0 Å². The number of esters is 1. The first-order valence-corrected chi connectivity index (χ1v) is 23.8. The maximum absolute atomic E-state index is 12.6. The molecule has 320 valence electrons. The van der Waals surface area contributed by atoms with Gasteiger partial charge < -0.3 is 20.1 Å². The van der Waals surface area contributed by atoms with Crippen LogP contribution in [0.15, 0.2) is 60.8 Å². The minimum absolute atomic E-state index is 0.0621. The lowest BCUT2D eigenvalue weighted by atomic mass is 10.0. The molecule has 0 rings (SSSR count). The Morgan fingerprint density at radius 1 is 0.564 bits per heavy atom. The highest BCUT2D eigenvalue weighted by molar-refractivity contribution is 7.47. The molecule has 0 amide bonds. The van der Waals surface area contributed by atoms with Gasteiger partial charge >= 0.3 is 13.8 Å². The third kappa shape index (κ3) is 43.2. The SMILES string of the molecule is CC/C=C\C/C=C\C/C=C\C/C=C\C/C=C\CCOCC(COP(=O)(O)OCCN)OC(=O)CCCCCCCCCCCCCCCCCCCCCC. The van der Waals surface area contributed by atoms with Gasteiger partial charge in [-0.3, -0.25) is 13.8 Å². The summed E-state index contributed by atoms with van der Waals surface area (Å²) in [7, 11) is -4.30. The van der Waals surface area contributed by atoms with Gasteiger partial charge in [-0.15, -0.1) is 0 Å². The fourth-order valence-corrected chi connectivity index (χ4v) is 6.77. The standard InChI is InChI=1S/C46H84NO7P/c1-3-5-7-9-11-13-15-17-19-21-22-23-24-25-27-29-31-33-35-37-39-46(48)54-45(44-53-55(49,50)52-42-40-47)43-51-41-38-36-34-32-30-28-26-20-18-16-14-12-10-8-6-4-2/h6,8,12,14,18,20,28,30,34,36,45H,3-5,7,9-11,13,15-17,19,21-27,29,31-33,35,37-44,47H2,1-2H3,(H,49,50)/b8-6-,14-12-,20-18-,30-28-,36-34-. The Hall–Kier alpha value is -1.80. The topological polar surface area (TPSA) is 117 Å². The van der Waals surface area contributed by atoms with Crippen LogP contribution in [0.3, 0.4) is 0 Å². The fourth-order valence-electron chi connectivity index (χ4n) is 6.00. The number of unbranched alkanes of at least 4 members (excludes halogenated alkanes) is 19. The average Bonchev–Trinajstić information content (AvgIpc) is 3.17. The highest BCUT2D eigenvalue weighted by atomic mass is 31.2. The summed E-state index contributed by atoms with van der Waals surface area (Å²) in [6.45, 7) is 4.59. The number of phosphoric acid groups is 1. The highest BCUT2D eigenvalue weighted by Crippen LogP contribution is 2.43. The lowest BCUT2D eigenvalue weighted by Gasteiger charge is -2.19. The van der Waals surface area contributed by atoms with Gasteiger partial charge in [0.2, 0.25) is 0 Å². The van der Waals surface area contributed by atoms with Crippen molar-refractivity contribution in [2.45, 2.75) is 193 Å². The van der Waals surface area contributed by atoms with Gasteiger partial charge in [0, 0.05) is 13.0 Å². The van der Waals surface area contributed by atoms with Crippen LogP contribution in [0.1, 0.15) is 187 Å². The number of hydrogen-bond acceptors (Lipinski definition) is 7. The summed E-state index contributed by atoms with van der Waals surface area (Å²) in [5, 5.41) is 0. The van der Waals surface area contributed by atoms with E-state index in [1.807, 2.05) is 0 Å². The molecule has 0 aliphatic heterocycles. The first kappa shape index (κ1) is 53.2. The monoisotopic (exact) mass is 794 g/mol. The molecule has 9 heteroatoms. The van der Waals surface area contributed by atoms with Gasteiger partial charge in [-0.25, -0.2) is 4.57 Å². The normalized spacial score (nSPS) is 14.0. The van der Waals surface area contributed by atoms with Crippen molar-refractivity contribution in [3.63, 3.8) is 0 Å². The smallest absolute Gasteiger partial charge is 0.457 e. The summed E-state index contributed by atoms with van der Waals surface area (Å²) >= 11 is 0. The van der Waals surface area contributed by atoms with Gasteiger partial charge in [0.05, 0.1) is 26.4 Å².